The molecular formula is C23H21ClFNO3. The maximum absolute atomic E-state index is 14.4. The summed E-state index contributed by atoms with van der Waals surface area (Å²) in [6.45, 7) is 4.04. The van der Waals surface area contributed by atoms with Gasteiger partial charge in [-0.25, -0.2) is 9.18 Å². The number of carboxylic acids is 1. The van der Waals surface area contributed by atoms with Gasteiger partial charge < -0.3 is 9.84 Å². The lowest BCUT2D eigenvalue weighted by molar-refractivity contribution is 0.0693. The van der Waals surface area contributed by atoms with Gasteiger partial charge in [0.15, 0.2) is 0 Å². The molecule has 0 unspecified atom stereocenters. The van der Waals surface area contributed by atoms with Gasteiger partial charge in [-0.3, -0.25) is 4.98 Å². The van der Waals surface area contributed by atoms with E-state index in [4.69, 9.17) is 16.3 Å². The fourth-order valence-corrected chi connectivity index (χ4v) is 3.15. The second-order valence-electron chi connectivity index (χ2n) is 7.10. The van der Waals surface area contributed by atoms with Gasteiger partial charge in [-0.15, -0.1) is 0 Å². The van der Waals surface area contributed by atoms with Gasteiger partial charge in [-0.2, -0.15) is 0 Å². The Morgan fingerprint density at radius 2 is 1.79 bits per heavy atom. The molecule has 4 nitrogen and oxygen atoms in total. The van der Waals surface area contributed by atoms with Crippen molar-refractivity contribution in [2.45, 2.75) is 26.9 Å². The highest BCUT2D eigenvalue weighted by atomic mass is 35.5. The van der Waals surface area contributed by atoms with Crippen molar-refractivity contribution in [2.75, 3.05) is 0 Å². The molecule has 0 amide bonds. The molecule has 0 bridgehead atoms. The third kappa shape index (κ3) is 5.12. The fraction of sp³-hybridized carbons (Fsp3) is 0.217. The Hall–Kier alpha value is -2.92. The minimum Gasteiger partial charge on any atom is -0.487 e. The van der Waals surface area contributed by atoms with Crippen LogP contribution >= 0.6 is 11.6 Å². The number of pyridine rings is 1. The molecule has 0 aliphatic rings. The summed E-state index contributed by atoms with van der Waals surface area (Å²) in [7, 11) is 0. The summed E-state index contributed by atoms with van der Waals surface area (Å²) in [4.78, 5) is 16.5. The number of hydrogen-bond donors (Lipinski definition) is 1. The molecule has 1 aromatic heterocycles. The van der Waals surface area contributed by atoms with Gasteiger partial charge in [0.25, 0.3) is 0 Å². The van der Waals surface area contributed by atoms with Gasteiger partial charge in [-0.1, -0.05) is 43.6 Å². The normalized spacial score (nSPS) is 10.9. The molecule has 1 heterocycles. The first kappa shape index (κ1) is 20.8. The third-order valence-electron chi connectivity index (χ3n) is 4.37. The number of ether oxygens (including phenoxy) is 1. The Balaban J connectivity index is 2.04. The van der Waals surface area contributed by atoms with Crippen molar-refractivity contribution in [3.8, 4) is 16.9 Å². The van der Waals surface area contributed by atoms with E-state index in [1.54, 1.807) is 42.5 Å². The van der Waals surface area contributed by atoms with Crippen molar-refractivity contribution in [3.05, 3.63) is 82.4 Å². The van der Waals surface area contributed by atoms with Gasteiger partial charge in [-0.05, 0) is 48.7 Å². The molecule has 0 atom stereocenters. The maximum Gasteiger partial charge on any atom is 0.337 e. The topological polar surface area (TPSA) is 59.4 Å². The van der Waals surface area contributed by atoms with Gasteiger partial charge in [0, 0.05) is 21.8 Å². The van der Waals surface area contributed by atoms with Crippen LogP contribution in [0.4, 0.5) is 4.39 Å². The average Bonchev–Trinajstić information content (AvgIpc) is 2.67. The smallest absolute Gasteiger partial charge is 0.337 e. The van der Waals surface area contributed by atoms with Crippen LogP contribution in [0.25, 0.3) is 11.1 Å². The van der Waals surface area contributed by atoms with E-state index in [0.29, 0.717) is 39.7 Å². The summed E-state index contributed by atoms with van der Waals surface area (Å²) < 4.78 is 20.1. The zero-order valence-corrected chi connectivity index (χ0v) is 16.9. The molecule has 6 heteroatoms. The minimum absolute atomic E-state index is 0.00952. The molecule has 3 aromatic rings. The fourth-order valence-electron chi connectivity index (χ4n) is 3.03. The van der Waals surface area contributed by atoms with Crippen molar-refractivity contribution in [3.63, 3.8) is 0 Å². The molecule has 3 rings (SSSR count). The Bertz CT molecular complexity index is 1020. The molecule has 1 N–H and O–H groups in total. The van der Waals surface area contributed by atoms with E-state index < -0.39 is 11.8 Å². The lowest BCUT2D eigenvalue weighted by Crippen LogP contribution is -2.12. The van der Waals surface area contributed by atoms with Crippen molar-refractivity contribution >= 4 is 17.6 Å². The Morgan fingerprint density at radius 3 is 2.41 bits per heavy atom. The summed E-state index contributed by atoms with van der Waals surface area (Å²) in [6, 6.07) is 14.6. The summed E-state index contributed by atoms with van der Waals surface area (Å²) in [5.41, 5.74) is 1.76. The number of nitrogens with zero attached hydrogens (tertiary/aromatic N) is 1. The largest absolute Gasteiger partial charge is 0.487 e. The molecule has 2 aromatic carbocycles. The van der Waals surface area contributed by atoms with Crippen LogP contribution < -0.4 is 4.74 Å². The van der Waals surface area contributed by atoms with Gasteiger partial charge in [0.1, 0.15) is 18.2 Å². The van der Waals surface area contributed by atoms with Crippen LogP contribution in [0.15, 0.2) is 54.6 Å². The number of hydrogen-bond acceptors (Lipinski definition) is 3. The molecule has 0 aliphatic heterocycles. The van der Waals surface area contributed by atoms with Crippen LogP contribution in [0.5, 0.6) is 5.75 Å². The van der Waals surface area contributed by atoms with E-state index in [1.165, 1.54) is 12.1 Å². The lowest BCUT2D eigenvalue weighted by atomic mass is 9.95. The van der Waals surface area contributed by atoms with Gasteiger partial charge in [0.2, 0.25) is 0 Å². The minimum atomic E-state index is -1.14. The van der Waals surface area contributed by atoms with Crippen molar-refractivity contribution in [1.29, 1.82) is 0 Å². The number of halogens is 2. The number of carbonyl (C=O) groups is 1. The van der Waals surface area contributed by atoms with Crippen LogP contribution in [0, 0.1) is 11.7 Å². The molecule has 0 saturated heterocycles. The molecular weight excluding hydrogens is 393 g/mol. The second-order valence-corrected chi connectivity index (χ2v) is 7.54. The third-order valence-corrected chi connectivity index (χ3v) is 4.62. The predicted octanol–water partition coefficient (Wildman–Crippen LogP) is 6.02. The van der Waals surface area contributed by atoms with E-state index in [0.717, 1.165) is 0 Å². The number of benzene rings is 2. The van der Waals surface area contributed by atoms with E-state index >= 15 is 0 Å². The van der Waals surface area contributed by atoms with Gasteiger partial charge in [0.05, 0.1) is 11.3 Å². The first-order valence-corrected chi connectivity index (χ1v) is 9.62. The lowest BCUT2D eigenvalue weighted by Gasteiger charge is -2.16. The quantitative estimate of drug-likeness (QED) is 0.514. The molecule has 150 valence electrons. The zero-order chi connectivity index (χ0) is 21.0. The Kier molecular flexibility index (Phi) is 6.49. The standard InChI is InChI=1S/C23H21ClFNO3/c1-14(2)11-21-18(17-5-3-4-6-20(17)25)12-19(23(27)28)22(26-21)13-29-16-9-7-15(24)8-10-16/h3-10,12,14H,11,13H2,1-2H3,(H,27,28). The second kappa shape index (κ2) is 9.05. The van der Waals surface area contributed by atoms with Crippen molar-refractivity contribution < 1.29 is 19.0 Å². The summed E-state index contributed by atoms with van der Waals surface area (Å²) in [5.74, 6) is -0.744. The Labute approximate surface area is 173 Å². The summed E-state index contributed by atoms with van der Waals surface area (Å²) >= 11 is 5.88. The van der Waals surface area contributed by atoms with E-state index in [2.05, 4.69) is 4.98 Å². The monoisotopic (exact) mass is 413 g/mol. The molecule has 0 saturated carbocycles. The van der Waals surface area contributed by atoms with E-state index in [-0.39, 0.29) is 18.1 Å². The summed E-state index contributed by atoms with van der Waals surface area (Å²) in [6.07, 6.45) is 0.581. The highest BCUT2D eigenvalue weighted by molar-refractivity contribution is 6.30. The average molecular weight is 414 g/mol. The van der Waals surface area contributed by atoms with Gasteiger partial charge >= 0.3 is 5.97 Å². The van der Waals surface area contributed by atoms with Crippen LogP contribution in [0.2, 0.25) is 5.02 Å². The van der Waals surface area contributed by atoms with Crippen LogP contribution in [0.1, 0.15) is 35.6 Å². The SMILES string of the molecule is CC(C)Cc1nc(COc2ccc(Cl)cc2)c(C(=O)O)cc1-c1ccccc1F. The highest BCUT2D eigenvalue weighted by Gasteiger charge is 2.20. The van der Waals surface area contributed by atoms with E-state index in [1.807, 2.05) is 13.8 Å². The number of carboxylic acid groups (broad SMARTS) is 1. The first-order chi connectivity index (χ1) is 13.8. The molecule has 0 radical (unpaired) electrons. The number of aromatic nitrogens is 1. The van der Waals surface area contributed by atoms with Crippen LogP contribution in [-0.2, 0) is 13.0 Å². The zero-order valence-electron chi connectivity index (χ0n) is 16.2. The van der Waals surface area contributed by atoms with E-state index in [9.17, 15) is 14.3 Å². The van der Waals surface area contributed by atoms with Crippen molar-refractivity contribution in [2.24, 2.45) is 5.92 Å². The molecule has 0 spiro atoms. The highest BCUT2D eigenvalue weighted by Crippen LogP contribution is 2.30. The first-order valence-electron chi connectivity index (χ1n) is 9.24. The number of rotatable bonds is 7. The predicted molar refractivity (Wildman–Crippen MR) is 111 cm³/mol. The molecule has 29 heavy (non-hydrogen) atoms. The van der Waals surface area contributed by atoms with Crippen LogP contribution in [0.3, 0.4) is 0 Å². The molecule has 0 aliphatic carbocycles. The Morgan fingerprint density at radius 1 is 1.10 bits per heavy atom. The summed E-state index contributed by atoms with van der Waals surface area (Å²) in [5, 5.41) is 10.3. The maximum atomic E-state index is 14.4. The number of aromatic carboxylic acids is 1. The van der Waals surface area contributed by atoms with Crippen LogP contribution in [-0.4, -0.2) is 16.1 Å². The van der Waals surface area contributed by atoms with Crippen molar-refractivity contribution in [1.82, 2.24) is 4.98 Å². The molecule has 0 fully saturated rings.